The number of phosphoric ester groups is 2. The van der Waals surface area contributed by atoms with Gasteiger partial charge in [0, 0.05) is 25.7 Å². The number of hydrogen-bond donors (Lipinski definition) is 3. The van der Waals surface area contributed by atoms with Gasteiger partial charge in [-0.1, -0.05) is 402 Å². The van der Waals surface area contributed by atoms with Crippen molar-refractivity contribution < 1.29 is 80.2 Å². The summed E-state index contributed by atoms with van der Waals surface area (Å²) in [6.07, 6.45) is 65.2. The molecule has 5 atom stereocenters. The maximum Gasteiger partial charge on any atom is 0.472 e. The van der Waals surface area contributed by atoms with E-state index in [4.69, 9.17) is 37.0 Å². The minimum atomic E-state index is -4.97. The van der Waals surface area contributed by atoms with E-state index in [0.717, 1.165) is 114 Å². The molecular weight excluding hydrogens is 1380 g/mol. The first kappa shape index (κ1) is 104. The molecule has 0 saturated carbocycles. The molecule has 0 aromatic carbocycles. The summed E-state index contributed by atoms with van der Waals surface area (Å²) < 4.78 is 69.0. The van der Waals surface area contributed by atoms with Crippen LogP contribution in [-0.4, -0.2) is 96.7 Å². The normalized spacial score (nSPS) is 13.9. The average Bonchev–Trinajstić information content (AvgIpc) is 0.901. The maximum atomic E-state index is 13.2. The van der Waals surface area contributed by atoms with Gasteiger partial charge in [-0.15, -0.1) is 0 Å². The Balaban J connectivity index is 5.26. The monoisotopic (exact) mass is 1550 g/mol. The number of hydrogen-bond acceptors (Lipinski definition) is 15. The number of rotatable bonds is 84. The van der Waals surface area contributed by atoms with E-state index >= 15 is 0 Å². The molecule has 0 heterocycles. The predicted molar refractivity (Wildman–Crippen MR) is 437 cm³/mol. The molecular formula is C87H170O17P2. The summed E-state index contributed by atoms with van der Waals surface area (Å²) in [7, 11) is -9.93. The molecule has 630 valence electrons. The summed E-state index contributed by atoms with van der Waals surface area (Å²) in [6.45, 7) is 14.3. The van der Waals surface area contributed by atoms with Gasteiger partial charge in [0.1, 0.15) is 19.3 Å². The van der Waals surface area contributed by atoms with E-state index in [1.54, 1.807) is 0 Å². The smallest absolute Gasteiger partial charge is 0.462 e. The zero-order chi connectivity index (χ0) is 78.1. The number of aliphatic hydroxyl groups is 1. The van der Waals surface area contributed by atoms with Crippen LogP contribution in [0.5, 0.6) is 0 Å². The van der Waals surface area contributed by atoms with Crippen molar-refractivity contribution in [2.24, 2.45) is 23.7 Å². The summed E-state index contributed by atoms with van der Waals surface area (Å²) in [4.78, 5) is 73.3. The number of unbranched alkanes of at least 4 members (excludes halogenated alkanes) is 50. The molecule has 0 aliphatic carbocycles. The molecule has 0 bridgehead atoms. The Morgan fingerprint density at radius 3 is 0.585 bits per heavy atom. The molecule has 19 heteroatoms. The van der Waals surface area contributed by atoms with Crippen LogP contribution < -0.4 is 0 Å². The first-order valence-electron chi connectivity index (χ1n) is 44.7. The number of esters is 4. The van der Waals surface area contributed by atoms with Crippen LogP contribution in [0.15, 0.2) is 0 Å². The van der Waals surface area contributed by atoms with Crippen LogP contribution in [0.3, 0.4) is 0 Å². The van der Waals surface area contributed by atoms with Crippen molar-refractivity contribution in [2.75, 3.05) is 39.6 Å². The molecule has 0 amide bonds. The summed E-state index contributed by atoms with van der Waals surface area (Å²) in [5, 5.41) is 10.7. The number of carbonyl (C=O) groups is 4. The molecule has 0 aliphatic rings. The van der Waals surface area contributed by atoms with Crippen molar-refractivity contribution in [3.63, 3.8) is 0 Å². The molecule has 17 nitrogen and oxygen atoms in total. The zero-order valence-electron chi connectivity index (χ0n) is 70.1. The van der Waals surface area contributed by atoms with E-state index in [2.05, 4.69) is 55.4 Å². The molecule has 106 heavy (non-hydrogen) atoms. The number of phosphoric acid groups is 2. The minimum Gasteiger partial charge on any atom is -0.462 e. The number of ether oxygens (including phenoxy) is 4. The molecule has 0 radical (unpaired) electrons. The van der Waals surface area contributed by atoms with Crippen LogP contribution >= 0.6 is 15.6 Å². The number of carbonyl (C=O) groups excluding carboxylic acids is 4. The van der Waals surface area contributed by atoms with Gasteiger partial charge in [0.15, 0.2) is 12.2 Å². The molecule has 0 aliphatic heterocycles. The Hall–Kier alpha value is -1.94. The van der Waals surface area contributed by atoms with Crippen molar-refractivity contribution in [2.45, 2.75) is 472 Å². The summed E-state index contributed by atoms with van der Waals surface area (Å²) in [5.74, 6) is 1.04. The van der Waals surface area contributed by atoms with Gasteiger partial charge >= 0.3 is 39.5 Å². The Bertz CT molecular complexity index is 2060. The van der Waals surface area contributed by atoms with Crippen molar-refractivity contribution in [3.8, 4) is 0 Å². The SMILES string of the molecule is CC(C)CCCCCCCCCCCCCCCCCCCCC(=O)O[C@H](COC(=O)CCCCCCCCCCCCCCCCC(C)C)COP(=O)(O)OC[C@@H](O)COP(=O)(O)OC[C@@H](COC(=O)CCCCCCCCCCCC(C)C)OC(=O)CCCCCCCCCCCCCCCC(C)C. The molecule has 0 aromatic heterocycles. The Morgan fingerprint density at radius 1 is 0.236 bits per heavy atom. The van der Waals surface area contributed by atoms with Crippen LogP contribution in [0.1, 0.15) is 453 Å². The largest absolute Gasteiger partial charge is 0.472 e. The van der Waals surface area contributed by atoms with Crippen molar-refractivity contribution in [1.29, 1.82) is 0 Å². The fraction of sp³-hybridized carbons (Fsp3) is 0.954. The molecule has 3 N–H and O–H groups in total. The Kier molecular flexibility index (Phi) is 74.3. The van der Waals surface area contributed by atoms with Crippen LogP contribution in [0.2, 0.25) is 0 Å². The van der Waals surface area contributed by atoms with Crippen molar-refractivity contribution in [3.05, 3.63) is 0 Å². The van der Waals surface area contributed by atoms with Crippen molar-refractivity contribution >= 4 is 39.5 Å². The van der Waals surface area contributed by atoms with Gasteiger partial charge in [-0.3, -0.25) is 37.3 Å². The van der Waals surface area contributed by atoms with Crippen molar-refractivity contribution in [1.82, 2.24) is 0 Å². The summed E-state index contributed by atoms with van der Waals surface area (Å²) >= 11 is 0. The lowest BCUT2D eigenvalue weighted by molar-refractivity contribution is -0.161. The van der Waals surface area contributed by atoms with E-state index in [1.807, 2.05) is 0 Å². The van der Waals surface area contributed by atoms with Gasteiger partial charge in [-0.2, -0.15) is 0 Å². The van der Waals surface area contributed by atoms with E-state index in [0.29, 0.717) is 25.7 Å². The molecule has 0 aromatic rings. The quantitative estimate of drug-likeness (QED) is 0.0222. The third kappa shape index (κ3) is 80.1. The summed E-state index contributed by atoms with van der Waals surface area (Å²) in [5.41, 5.74) is 0. The van der Waals surface area contributed by atoms with Gasteiger partial charge < -0.3 is 33.8 Å². The topological polar surface area (TPSA) is 237 Å². The zero-order valence-corrected chi connectivity index (χ0v) is 71.9. The first-order valence-corrected chi connectivity index (χ1v) is 47.7. The van der Waals surface area contributed by atoms with Gasteiger partial charge in [-0.05, 0) is 49.4 Å². The third-order valence-corrected chi connectivity index (χ3v) is 22.2. The second-order valence-electron chi connectivity index (χ2n) is 33.2. The van der Waals surface area contributed by atoms with Crippen LogP contribution in [0.4, 0.5) is 0 Å². The predicted octanol–water partition coefficient (Wildman–Crippen LogP) is 26.3. The highest BCUT2D eigenvalue weighted by Gasteiger charge is 2.31. The van der Waals surface area contributed by atoms with Gasteiger partial charge in [-0.25, -0.2) is 9.13 Å². The number of aliphatic hydroxyl groups excluding tert-OH is 1. The second kappa shape index (κ2) is 75.7. The lowest BCUT2D eigenvalue weighted by Gasteiger charge is -2.21. The van der Waals surface area contributed by atoms with Gasteiger partial charge in [0.2, 0.25) is 0 Å². The fourth-order valence-electron chi connectivity index (χ4n) is 13.5. The summed E-state index contributed by atoms with van der Waals surface area (Å²) in [6, 6.07) is 0. The minimum absolute atomic E-state index is 0.107. The lowest BCUT2D eigenvalue weighted by atomic mass is 10.0. The molecule has 0 saturated heterocycles. The molecule has 0 rings (SSSR count). The van der Waals surface area contributed by atoms with E-state index < -0.39 is 97.5 Å². The second-order valence-corrected chi connectivity index (χ2v) is 36.1. The highest BCUT2D eigenvalue weighted by molar-refractivity contribution is 7.47. The van der Waals surface area contributed by atoms with Crippen LogP contribution in [0.25, 0.3) is 0 Å². The van der Waals surface area contributed by atoms with E-state index in [1.165, 1.54) is 257 Å². The van der Waals surface area contributed by atoms with Crippen LogP contribution in [0, 0.1) is 23.7 Å². The standard InChI is InChI=1S/C87H170O17P2/c1-77(2)63-55-47-39-31-24-18-13-11-9-10-12-14-22-28-36-45-53-61-69-86(91)103-82(73-97-84(89)67-59-51-43-35-27-21-16-15-19-25-32-40-48-56-64-78(3)4)75-101-105(93,94)99-71-81(88)72-100-106(95,96)102-76-83(74-98-85(90)68-60-52-44-38-30-34-42-50-58-66-80(7)8)104-87(92)70-62-54-46-37-29-23-17-20-26-33-41-49-57-65-79(5)6/h77-83,88H,9-76H2,1-8H3,(H,93,94)(H,95,96)/t81-,82-,83-/m1/s1. The molecule has 0 fully saturated rings. The molecule has 0 spiro atoms. The Labute approximate surface area is 651 Å². The lowest BCUT2D eigenvalue weighted by Crippen LogP contribution is -2.30. The van der Waals surface area contributed by atoms with E-state index in [9.17, 15) is 43.2 Å². The Morgan fingerprint density at radius 2 is 0.396 bits per heavy atom. The van der Waals surface area contributed by atoms with Crippen LogP contribution in [-0.2, 0) is 65.4 Å². The van der Waals surface area contributed by atoms with Gasteiger partial charge in [0.25, 0.3) is 0 Å². The maximum absolute atomic E-state index is 13.2. The third-order valence-electron chi connectivity index (χ3n) is 20.3. The van der Waals surface area contributed by atoms with Gasteiger partial charge in [0.05, 0.1) is 26.4 Å². The van der Waals surface area contributed by atoms with E-state index in [-0.39, 0.29) is 25.7 Å². The highest BCUT2D eigenvalue weighted by Crippen LogP contribution is 2.45. The fourth-order valence-corrected chi connectivity index (χ4v) is 15.1. The average molecular weight is 1550 g/mol. The first-order chi connectivity index (χ1) is 51.1. The molecule has 2 unspecified atom stereocenters. The highest BCUT2D eigenvalue weighted by atomic mass is 31.2.